The van der Waals surface area contributed by atoms with E-state index in [0.29, 0.717) is 24.4 Å². The van der Waals surface area contributed by atoms with Crippen molar-refractivity contribution >= 4 is 33.3 Å². The van der Waals surface area contributed by atoms with E-state index in [0.717, 1.165) is 16.1 Å². The van der Waals surface area contributed by atoms with E-state index >= 15 is 0 Å². The molecule has 2 heterocycles. The summed E-state index contributed by atoms with van der Waals surface area (Å²) in [5, 5.41) is 13.8. The summed E-state index contributed by atoms with van der Waals surface area (Å²) in [5.74, 6) is -0.0383. The summed E-state index contributed by atoms with van der Waals surface area (Å²) in [6, 6.07) is 18.2. The number of aromatic amines is 1. The third kappa shape index (κ3) is 3.81. The summed E-state index contributed by atoms with van der Waals surface area (Å²) in [7, 11) is 0. The molecule has 0 aliphatic carbocycles. The number of hydrogen-bond donors (Lipinski definition) is 2. The van der Waals surface area contributed by atoms with Crippen molar-refractivity contribution in [3.8, 4) is 0 Å². The minimum atomic E-state index is -0.0383. The zero-order valence-electron chi connectivity index (χ0n) is 14.1. The van der Waals surface area contributed by atoms with Gasteiger partial charge in [0, 0.05) is 29.9 Å². The lowest BCUT2D eigenvalue weighted by Crippen LogP contribution is -2.12. The van der Waals surface area contributed by atoms with Crippen LogP contribution in [0.5, 0.6) is 0 Å². The summed E-state index contributed by atoms with van der Waals surface area (Å²) in [5.41, 5.74) is 3.44. The molecule has 1 amide bonds. The molecule has 4 rings (SSSR count). The fourth-order valence-corrected chi connectivity index (χ4v) is 3.68. The number of anilines is 1. The zero-order valence-corrected chi connectivity index (χ0v) is 14.9. The first-order valence-corrected chi connectivity index (χ1v) is 9.31. The molecule has 0 unspecified atom stereocenters. The van der Waals surface area contributed by atoms with Crippen molar-refractivity contribution in [3.05, 3.63) is 76.9 Å². The number of carbonyl (C=O) groups is 1. The number of hydrogen-bond acceptors (Lipinski definition) is 4. The second-order valence-electron chi connectivity index (χ2n) is 6.07. The second-order valence-corrected chi connectivity index (χ2v) is 7.13. The molecule has 5 nitrogen and oxygen atoms in total. The predicted molar refractivity (Wildman–Crippen MR) is 104 cm³/mol. The molecule has 0 saturated carbocycles. The van der Waals surface area contributed by atoms with Crippen molar-refractivity contribution in [2.45, 2.75) is 19.3 Å². The van der Waals surface area contributed by atoms with Crippen molar-refractivity contribution in [3.63, 3.8) is 0 Å². The maximum absolute atomic E-state index is 12.1. The lowest BCUT2D eigenvalue weighted by Gasteiger charge is -2.01. The topological polar surface area (TPSA) is 70.7 Å². The number of fused-ring (bicyclic) bond motifs is 1. The minimum Gasteiger partial charge on any atom is -0.361 e. The monoisotopic (exact) mass is 362 g/mol. The zero-order chi connectivity index (χ0) is 17.8. The SMILES string of the molecule is O=C(CCc1ccccc1)Nc1nnc(Cc2c[nH]c3ccccc23)s1. The number of para-hydroxylation sites is 1. The Labute approximate surface area is 155 Å². The van der Waals surface area contributed by atoms with E-state index in [9.17, 15) is 4.79 Å². The normalized spacial score (nSPS) is 10.9. The number of benzene rings is 2. The molecule has 4 aromatic rings. The lowest BCUT2D eigenvalue weighted by atomic mass is 10.1. The van der Waals surface area contributed by atoms with Crippen LogP contribution in [0.2, 0.25) is 0 Å². The van der Waals surface area contributed by atoms with Crippen molar-refractivity contribution in [2.24, 2.45) is 0 Å². The fraction of sp³-hybridized carbons (Fsp3) is 0.150. The quantitative estimate of drug-likeness (QED) is 0.540. The van der Waals surface area contributed by atoms with E-state index < -0.39 is 0 Å². The highest BCUT2D eigenvalue weighted by atomic mass is 32.1. The van der Waals surface area contributed by atoms with Crippen LogP contribution in [0.3, 0.4) is 0 Å². The summed E-state index contributed by atoms with van der Waals surface area (Å²) in [6.07, 6.45) is 3.85. The van der Waals surface area contributed by atoms with Gasteiger partial charge in [-0.2, -0.15) is 0 Å². The average Bonchev–Trinajstić information content (AvgIpc) is 3.28. The Morgan fingerprint density at radius 3 is 2.73 bits per heavy atom. The molecule has 2 aromatic heterocycles. The van der Waals surface area contributed by atoms with E-state index in [-0.39, 0.29) is 5.91 Å². The maximum Gasteiger partial charge on any atom is 0.226 e. The number of nitrogens with zero attached hydrogens (tertiary/aromatic N) is 2. The van der Waals surface area contributed by atoms with Crippen LogP contribution in [0, 0.1) is 0 Å². The molecule has 0 fully saturated rings. The number of nitrogens with one attached hydrogen (secondary N) is 2. The molecular weight excluding hydrogens is 344 g/mol. The Morgan fingerprint density at radius 1 is 1.04 bits per heavy atom. The van der Waals surface area contributed by atoms with Gasteiger partial charge in [0.2, 0.25) is 11.0 Å². The molecule has 26 heavy (non-hydrogen) atoms. The summed E-state index contributed by atoms with van der Waals surface area (Å²) >= 11 is 1.42. The molecule has 0 aliphatic rings. The molecule has 0 aliphatic heterocycles. The molecule has 2 aromatic carbocycles. The van der Waals surface area contributed by atoms with Crippen molar-refractivity contribution in [1.82, 2.24) is 15.2 Å². The van der Waals surface area contributed by atoms with Crippen LogP contribution in [-0.2, 0) is 17.6 Å². The fourth-order valence-electron chi connectivity index (χ4n) is 2.90. The van der Waals surface area contributed by atoms with Gasteiger partial charge in [-0.3, -0.25) is 4.79 Å². The van der Waals surface area contributed by atoms with E-state index in [1.54, 1.807) is 0 Å². The van der Waals surface area contributed by atoms with Gasteiger partial charge in [-0.05, 0) is 23.6 Å². The third-order valence-corrected chi connectivity index (χ3v) is 5.05. The van der Waals surface area contributed by atoms with Gasteiger partial charge in [0.05, 0.1) is 0 Å². The Morgan fingerprint density at radius 2 is 1.85 bits per heavy atom. The van der Waals surface area contributed by atoms with Crippen molar-refractivity contribution in [2.75, 3.05) is 5.32 Å². The molecule has 130 valence electrons. The van der Waals surface area contributed by atoms with Crippen molar-refractivity contribution < 1.29 is 4.79 Å². The van der Waals surface area contributed by atoms with Crippen LogP contribution >= 0.6 is 11.3 Å². The van der Waals surface area contributed by atoms with E-state index in [2.05, 4.69) is 32.6 Å². The van der Waals surface area contributed by atoms with Crippen LogP contribution in [0.4, 0.5) is 5.13 Å². The standard InChI is InChI=1S/C20H18N4OS/c25-18(11-10-14-6-2-1-3-7-14)22-20-24-23-19(26-20)12-15-13-21-17-9-5-4-8-16(15)17/h1-9,13,21H,10-12H2,(H,22,24,25). The van der Waals surface area contributed by atoms with Gasteiger partial charge < -0.3 is 10.3 Å². The Balaban J connectivity index is 1.36. The van der Waals surface area contributed by atoms with Crippen LogP contribution < -0.4 is 5.32 Å². The molecule has 6 heteroatoms. The van der Waals surface area contributed by atoms with Gasteiger partial charge in [-0.15, -0.1) is 10.2 Å². The number of H-pyrrole nitrogens is 1. The minimum absolute atomic E-state index is 0.0383. The summed E-state index contributed by atoms with van der Waals surface area (Å²) < 4.78 is 0. The predicted octanol–water partition coefficient (Wildman–Crippen LogP) is 4.18. The van der Waals surface area contributed by atoms with E-state index in [1.165, 1.54) is 22.3 Å². The number of aromatic nitrogens is 3. The third-order valence-electron chi connectivity index (χ3n) is 4.21. The van der Waals surface area contributed by atoms with Crippen LogP contribution in [0.25, 0.3) is 10.9 Å². The van der Waals surface area contributed by atoms with E-state index in [1.807, 2.05) is 48.7 Å². The van der Waals surface area contributed by atoms with Gasteiger partial charge >= 0.3 is 0 Å². The van der Waals surface area contributed by atoms with E-state index in [4.69, 9.17) is 0 Å². The van der Waals surface area contributed by atoms with Gasteiger partial charge in [0.1, 0.15) is 5.01 Å². The summed E-state index contributed by atoms with van der Waals surface area (Å²) in [6.45, 7) is 0. The molecule has 2 N–H and O–H groups in total. The van der Waals surface area contributed by atoms with Gasteiger partial charge in [0.25, 0.3) is 0 Å². The molecule has 0 radical (unpaired) electrons. The Hall–Kier alpha value is -2.99. The van der Waals surface area contributed by atoms with Gasteiger partial charge in [-0.25, -0.2) is 0 Å². The highest BCUT2D eigenvalue weighted by Crippen LogP contribution is 2.24. The number of aryl methyl sites for hydroxylation is 1. The van der Waals surface area contributed by atoms with Crippen LogP contribution in [-0.4, -0.2) is 21.1 Å². The first kappa shape index (κ1) is 16.5. The number of amides is 1. The molecule has 0 saturated heterocycles. The largest absolute Gasteiger partial charge is 0.361 e. The van der Waals surface area contributed by atoms with Gasteiger partial charge in [-0.1, -0.05) is 59.9 Å². The van der Waals surface area contributed by atoms with Crippen LogP contribution in [0.1, 0.15) is 22.6 Å². The smallest absolute Gasteiger partial charge is 0.226 e. The molecule has 0 atom stereocenters. The molecule has 0 spiro atoms. The number of carbonyl (C=O) groups excluding carboxylic acids is 1. The first-order chi connectivity index (χ1) is 12.8. The Kier molecular flexibility index (Phi) is 4.75. The van der Waals surface area contributed by atoms with Crippen LogP contribution in [0.15, 0.2) is 60.8 Å². The van der Waals surface area contributed by atoms with Crippen molar-refractivity contribution in [1.29, 1.82) is 0 Å². The van der Waals surface area contributed by atoms with Gasteiger partial charge in [0.15, 0.2) is 0 Å². The highest BCUT2D eigenvalue weighted by Gasteiger charge is 2.11. The molecular formula is C20H18N4OS. The highest BCUT2D eigenvalue weighted by molar-refractivity contribution is 7.15. The second kappa shape index (κ2) is 7.49. The summed E-state index contributed by atoms with van der Waals surface area (Å²) in [4.78, 5) is 15.4. The average molecular weight is 362 g/mol. The number of rotatable bonds is 6. The Bertz CT molecular complexity index is 1020. The lowest BCUT2D eigenvalue weighted by molar-refractivity contribution is -0.116. The first-order valence-electron chi connectivity index (χ1n) is 8.49. The maximum atomic E-state index is 12.1. The molecule has 0 bridgehead atoms.